The van der Waals surface area contributed by atoms with Crippen LogP contribution in [0.4, 0.5) is 5.69 Å². The summed E-state index contributed by atoms with van der Waals surface area (Å²) in [6.45, 7) is 0.745. The molecular weight excluding hydrogens is 282 g/mol. The molecule has 1 heterocycles. The summed E-state index contributed by atoms with van der Waals surface area (Å²) in [4.78, 5) is 4.07. The highest BCUT2D eigenvalue weighted by Gasteiger charge is 2.02. The summed E-state index contributed by atoms with van der Waals surface area (Å²) in [5.41, 5.74) is 2.18. The number of halogens is 1. The molecule has 0 spiro atoms. The smallest absolute Gasteiger partial charge is 0.133 e. The highest BCUT2D eigenvalue weighted by molar-refractivity contribution is 9.10. The second-order valence-corrected chi connectivity index (χ2v) is 4.55. The van der Waals surface area contributed by atoms with Gasteiger partial charge < -0.3 is 14.6 Å². The number of hydrogen-bond acceptors (Lipinski definition) is 3. The number of rotatable bonds is 4. The van der Waals surface area contributed by atoms with E-state index in [0.717, 1.165) is 28.1 Å². The first-order valence-electron chi connectivity index (χ1n) is 5.23. The Morgan fingerprint density at radius 3 is 2.88 bits per heavy atom. The van der Waals surface area contributed by atoms with Gasteiger partial charge in [-0.1, -0.05) is 0 Å². The van der Waals surface area contributed by atoms with E-state index in [9.17, 15) is 0 Å². The number of aryl methyl sites for hydroxylation is 1. The van der Waals surface area contributed by atoms with Gasteiger partial charge in [0.2, 0.25) is 0 Å². The summed E-state index contributed by atoms with van der Waals surface area (Å²) >= 11 is 3.46. The number of imidazole rings is 1. The third-order valence-corrected chi connectivity index (χ3v) is 3.16. The minimum absolute atomic E-state index is 0.745. The number of anilines is 1. The Labute approximate surface area is 109 Å². The zero-order valence-corrected chi connectivity index (χ0v) is 11.4. The summed E-state index contributed by atoms with van der Waals surface area (Å²) in [5, 5.41) is 3.33. The van der Waals surface area contributed by atoms with E-state index in [1.807, 2.05) is 36.0 Å². The monoisotopic (exact) mass is 295 g/mol. The Kier molecular flexibility index (Phi) is 3.68. The maximum absolute atomic E-state index is 5.18. The lowest BCUT2D eigenvalue weighted by Gasteiger charge is -2.09. The molecule has 0 fully saturated rings. The molecule has 0 aliphatic rings. The van der Waals surface area contributed by atoms with E-state index in [-0.39, 0.29) is 0 Å². The van der Waals surface area contributed by atoms with Crippen molar-refractivity contribution in [3.63, 3.8) is 0 Å². The van der Waals surface area contributed by atoms with E-state index >= 15 is 0 Å². The van der Waals surface area contributed by atoms with Crippen molar-refractivity contribution in [2.45, 2.75) is 6.54 Å². The fourth-order valence-corrected chi connectivity index (χ4v) is 2.06. The first kappa shape index (κ1) is 12.0. The quantitative estimate of drug-likeness (QED) is 0.943. The molecule has 1 aromatic carbocycles. The predicted molar refractivity (Wildman–Crippen MR) is 71.2 cm³/mol. The summed E-state index contributed by atoms with van der Waals surface area (Å²) in [5.74, 6) is 0.830. The molecular formula is C12H14BrN3O. The highest BCUT2D eigenvalue weighted by atomic mass is 79.9. The molecule has 1 aromatic heterocycles. The van der Waals surface area contributed by atoms with Gasteiger partial charge in [0.1, 0.15) is 5.75 Å². The number of ether oxygens (including phenoxy) is 1. The fraction of sp³-hybridized carbons (Fsp3) is 0.250. The van der Waals surface area contributed by atoms with Crippen LogP contribution in [0.1, 0.15) is 5.69 Å². The molecule has 0 radical (unpaired) electrons. The third-order valence-electron chi connectivity index (χ3n) is 2.54. The van der Waals surface area contributed by atoms with Crippen molar-refractivity contribution < 1.29 is 4.74 Å². The summed E-state index contributed by atoms with van der Waals surface area (Å²) in [7, 11) is 3.64. The number of hydrogen-bond donors (Lipinski definition) is 1. The molecule has 4 nitrogen and oxygen atoms in total. The predicted octanol–water partition coefficient (Wildman–Crippen LogP) is 2.80. The van der Waals surface area contributed by atoms with E-state index < -0.39 is 0 Å². The SMILES string of the molecule is COc1ccc(NCc2cncn2C)cc1Br. The minimum atomic E-state index is 0.745. The molecule has 2 aromatic rings. The number of methoxy groups -OCH3 is 1. The Morgan fingerprint density at radius 2 is 2.29 bits per heavy atom. The van der Waals surface area contributed by atoms with Gasteiger partial charge in [-0.15, -0.1) is 0 Å². The molecule has 2 rings (SSSR count). The van der Waals surface area contributed by atoms with Gasteiger partial charge in [-0.2, -0.15) is 0 Å². The van der Waals surface area contributed by atoms with Gasteiger partial charge in [0, 0.05) is 18.9 Å². The normalized spacial score (nSPS) is 10.3. The first-order valence-corrected chi connectivity index (χ1v) is 6.02. The standard InChI is InChI=1S/C12H14BrN3O/c1-16-8-14-6-10(16)7-15-9-3-4-12(17-2)11(13)5-9/h3-6,8,15H,7H2,1-2H3. The maximum Gasteiger partial charge on any atom is 0.133 e. The zero-order chi connectivity index (χ0) is 12.3. The average Bonchev–Trinajstić information content (AvgIpc) is 2.72. The van der Waals surface area contributed by atoms with E-state index in [0.29, 0.717) is 0 Å². The van der Waals surface area contributed by atoms with Crippen LogP contribution in [0.5, 0.6) is 5.75 Å². The van der Waals surface area contributed by atoms with Crippen molar-refractivity contribution in [2.24, 2.45) is 7.05 Å². The number of benzene rings is 1. The van der Waals surface area contributed by atoms with Crippen LogP contribution in [-0.4, -0.2) is 16.7 Å². The van der Waals surface area contributed by atoms with Gasteiger partial charge in [-0.25, -0.2) is 4.98 Å². The first-order chi connectivity index (χ1) is 8.20. The van der Waals surface area contributed by atoms with Gasteiger partial charge in [0.15, 0.2) is 0 Å². The van der Waals surface area contributed by atoms with Crippen molar-refractivity contribution in [1.29, 1.82) is 0 Å². The second kappa shape index (κ2) is 5.23. The molecule has 0 amide bonds. The average molecular weight is 296 g/mol. The topological polar surface area (TPSA) is 39.1 Å². The highest BCUT2D eigenvalue weighted by Crippen LogP contribution is 2.27. The van der Waals surface area contributed by atoms with Crippen molar-refractivity contribution >= 4 is 21.6 Å². The summed E-state index contributed by atoms with van der Waals surface area (Å²) in [6, 6.07) is 5.91. The summed E-state index contributed by atoms with van der Waals surface area (Å²) in [6.07, 6.45) is 3.65. The van der Waals surface area contributed by atoms with Crippen LogP contribution in [-0.2, 0) is 13.6 Å². The zero-order valence-electron chi connectivity index (χ0n) is 9.77. The van der Waals surface area contributed by atoms with Crippen LogP contribution in [0, 0.1) is 0 Å². The Hall–Kier alpha value is -1.49. The third kappa shape index (κ3) is 2.79. The van der Waals surface area contributed by atoms with E-state index in [2.05, 4.69) is 26.2 Å². The Balaban J connectivity index is 2.05. The fourth-order valence-electron chi connectivity index (χ4n) is 1.52. The van der Waals surface area contributed by atoms with Crippen molar-refractivity contribution in [3.05, 3.63) is 40.9 Å². The molecule has 1 N–H and O–H groups in total. The Bertz CT molecular complexity index is 510. The molecule has 0 aliphatic heterocycles. The van der Waals surface area contributed by atoms with E-state index in [1.54, 1.807) is 13.4 Å². The molecule has 90 valence electrons. The van der Waals surface area contributed by atoms with Crippen molar-refractivity contribution in [1.82, 2.24) is 9.55 Å². The van der Waals surface area contributed by atoms with Crippen LogP contribution in [0.15, 0.2) is 35.2 Å². The molecule has 0 aliphatic carbocycles. The molecule has 0 atom stereocenters. The molecule has 0 bridgehead atoms. The molecule has 0 saturated heterocycles. The van der Waals surface area contributed by atoms with Gasteiger partial charge in [-0.05, 0) is 34.1 Å². The van der Waals surface area contributed by atoms with Crippen molar-refractivity contribution in [2.75, 3.05) is 12.4 Å². The second-order valence-electron chi connectivity index (χ2n) is 3.70. The van der Waals surface area contributed by atoms with E-state index in [1.165, 1.54) is 0 Å². The van der Waals surface area contributed by atoms with Crippen LogP contribution < -0.4 is 10.1 Å². The minimum Gasteiger partial charge on any atom is -0.496 e. The molecule has 0 unspecified atom stereocenters. The molecule has 5 heteroatoms. The lowest BCUT2D eigenvalue weighted by molar-refractivity contribution is 0.412. The molecule has 0 saturated carbocycles. The summed E-state index contributed by atoms with van der Waals surface area (Å²) < 4.78 is 8.11. The van der Waals surface area contributed by atoms with E-state index in [4.69, 9.17) is 4.74 Å². The largest absolute Gasteiger partial charge is 0.496 e. The number of nitrogens with zero attached hydrogens (tertiary/aromatic N) is 2. The van der Waals surface area contributed by atoms with Gasteiger partial charge in [0.05, 0.1) is 30.1 Å². The van der Waals surface area contributed by atoms with Gasteiger partial charge in [0.25, 0.3) is 0 Å². The van der Waals surface area contributed by atoms with Crippen LogP contribution in [0.25, 0.3) is 0 Å². The Morgan fingerprint density at radius 1 is 1.47 bits per heavy atom. The van der Waals surface area contributed by atoms with Gasteiger partial charge >= 0.3 is 0 Å². The van der Waals surface area contributed by atoms with Crippen LogP contribution in [0.3, 0.4) is 0 Å². The number of nitrogens with one attached hydrogen (secondary N) is 1. The van der Waals surface area contributed by atoms with Crippen LogP contribution in [0.2, 0.25) is 0 Å². The lowest BCUT2D eigenvalue weighted by atomic mass is 10.3. The van der Waals surface area contributed by atoms with Crippen LogP contribution >= 0.6 is 15.9 Å². The molecule has 17 heavy (non-hydrogen) atoms. The lowest BCUT2D eigenvalue weighted by Crippen LogP contribution is -2.03. The van der Waals surface area contributed by atoms with Gasteiger partial charge in [-0.3, -0.25) is 0 Å². The van der Waals surface area contributed by atoms with Crippen molar-refractivity contribution in [3.8, 4) is 5.75 Å². The number of aromatic nitrogens is 2. The maximum atomic E-state index is 5.18.